The van der Waals surface area contributed by atoms with E-state index in [0.29, 0.717) is 29.5 Å². The number of esters is 2. The molecule has 4 rings (SSSR count). The molecule has 0 bridgehead atoms. The van der Waals surface area contributed by atoms with Crippen LogP contribution < -0.4 is 11.2 Å². The molecule has 9 heteroatoms. The van der Waals surface area contributed by atoms with E-state index in [1.165, 1.54) is 10.8 Å². The van der Waals surface area contributed by atoms with Gasteiger partial charge in [-0.25, -0.2) is 14.4 Å². The van der Waals surface area contributed by atoms with Crippen LogP contribution in [0, 0.1) is 0 Å². The number of hydrogen-bond acceptors (Lipinski definition) is 7. The highest BCUT2D eigenvalue weighted by Crippen LogP contribution is 2.35. The molecule has 0 saturated carbocycles. The third-order valence-corrected chi connectivity index (χ3v) is 5.89. The number of aryl methyl sites for hydroxylation is 1. The van der Waals surface area contributed by atoms with Gasteiger partial charge in [0, 0.05) is 11.8 Å². The van der Waals surface area contributed by atoms with Gasteiger partial charge in [-0.05, 0) is 37.1 Å². The van der Waals surface area contributed by atoms with Gasteiger partial charge in [-0.2, -0.15) is 0 Å². The predicted molar refractivity (Wildman–Crippen MR) is 126 cm³/mol. The van der Waals surface area contributed by atoms with Crippen LogP contribution >= 0.6 is 0 Å². The average molecular weight is 479 g/mol. The lowest BCUT2D eigenvalue weighted by Gasteiger charge is -2.25. The first kappa shape index (κ1) is 24.2. The minimum Gasteiger partial charge on any atom is -0.452 e. The first-order valence-electron chi connectivity index (χ1n) is 11.4. The number of aromatic amines is 1. The molecule has 0 spiro atoms. The summed E-state index contributed by atoms with van der Waals surface area (Å²) in [6.07, 6.45) is -1.73. The number of H-pyrrole nitrogens is 1. The number of benzene rings is 2. The van der Waals surface area contributed by atoms with Crippen LogP contribution in [0.5, 0.6) is 0 Å². The second-order valence-electron chi connectivity index (χ2n) is 8.12. The Hall–Kier alpha value is -3.98. The van der Waals surface area contributed by atoms with E-state index in [2.05, 4.69) is 4.98 Å². The van der Waals surface area contributed by atoms with Crippen LogP contribution in [0.2, 0.25) is 0 Å². The predicted octanol–water partition coefficient (Wildman–Crippen LogP) is 2.86. The summed E-state index contributed by atoms with van der Waals surface area (Å²) in [4.78, 5) is 53.0. The van der Waals surface area contributed by atoms with Crippen molar-refractivity contribution in [3.05, 3.63) is 104 Å². The van der Waals surface area contributed by atoms with E-state index in [0.717, 1.165) is 0 Å². The summed E-state index contributed by atoms with van der Waals surface area (Å²) in [6.45, 7) is 3.61. The van der Waals surface area contributed by atoms with E-state index in [9.17, 15) is 19.2 Å². The van der Waals surface area contributed by atoms with E-state index >= 15 is 0 Å². The van der Waals surface area contributed by atoms with Crippen molar-refractivity contribution in [1.29, 1.82) is 0 Å². The Morgan fingerprint density at radius 3 is 1.94 bits per heavy atom. The van der Waals surface area contributed by atoms with Crippen molar-refractivity contribution in [2.45, 2.75) is 51.2 Å². The topological polar surface area (TPSA) is 117 Å². The van der Waals surface area contributed by atoms with Crippen LogP contribution in [-0.4, -0.2) is 39.8 Å². The van der Waals surface area contributed by atoms with Crippen LogP contribution in [0.15, 0.2) is 76.4 Å². The van der Waals surface area contributed by atoms with E-state index in [-0.39, 0.29) is 0 Å². The first-order chi connectivity index (χ1) is 16.9. The fourth-order valence-corrected chi connectivity index (χ4v) is 4.03. The molecule has 4 atom stereocenters. The summed E-state index contributed by atoms with van der Waals surface area (Å²) in [5.41, 5.74) is -0.235. The van der Waals surface area contributed by atoms with Crippen LogP contribution in [0.25, 0.3) is 0 Å². The average Bonchev–Trinajstić information content (AvgIpc) is 3.21. The summed E-state index contributed by atoms with van der Waals surface area (Å²) >= 11 is 0. The van der Waals surface area contributed by atoms with Gasteiger partial charge in [0.2, 0.25) is 0 Å². The molecule has 0 aliphatic carbocycles. The third-order valence-electron chi connectivity index (χ3n) is 5.89. The summed E-state index contributed by atoms with van der Waals surface area (Å²) in [6, 6.07) is 16.8. The molecule has 2 aromatic carbocycles. The number of carbonyl (C=O) groups is 2. The van der Waals surface area contributed by atoms with Crippen molar-refractivity contribution in [2.75, 3.05) is 0 Å². The molecule has 0 amide bonds. The van der Waals surface area contributed by atoms with Gasteiger partial charge in [-0.3, -0.25) is 14.3 Å². The van der Waals surface area contributed by atoms with E-state index in [1.807, 2.05) is 6.92 Å². The Morgan fingerprint density at radius 1 is 0.886 bits per heavy atom. The molecule has 1 fully saturated rings. The molecule has 1 saturated heterocycles. The zero-order chi connectivity index (χ0) is 24.9. The Morgan fingerprint density at radius 2 is 1.43 bits per heavy atom. The molecular formula is C26H26N2O7. The second kappa shape index (κ2) is 10.5. The van der Waals surface area contributed by atoms with Gasteiger partial charge in [-0.1, -0.05) is 50.2 Å². The van der Waals surface area contributed by atoms with Crippen molar-refractivity contribution in [3.63, 3.8) is 0 Å². The minimum atomic E-state index is -1.14. The molecular weight excluding hydrogens is 452 g/mol. The lowest BCUT2D eigenvalue weighted by molar-refractivity contribution is -0.0527. The monoisotopic (exact) mass is 478 g/mol. The van der Waals surface area contributed by atoms with Crippen molar-refractivity contribution >= 4 is 11.9 Å². The van der Waals surface area contributed by atoms with E-state index in [4.69, 9.17) is 14.2 Å². The highest BCUT2D eigenvalue weighted by Gasteiger charge is 2.50. The zero-order valence-electron chi connectivity index (χ0n) is 19.4. The molecule has 9 nitrogen and oxygen atoms in total. The number of carbonyl (C=O) groups excluding carboxylic acids is 2. The number of hydrogen-bond donors (Lipinski definition) is 1. The zero-order valence-corrected chi connectivity index (χ0v) is 19.4. The number of aromatic nitrogens is 2. The Labute approximate surface area is 201 Å². The highest BCUT2D eigenvalue weighted by molar-refractivity contribution is 5.90. The number of ether oxygens (including phenoxy) is 3. The quantitative estimate of drug-likeness (QED) is 0.519. The van der Waals surface area contributed by atoms with Gasteiger partial charge in [0.15, 0.2) is 18.4 Å². The molecule has 35 heavy (non-hydrogen) atoms. The number of nitrogens with zero attached hydrogens (tertiary/aromatic N) is 1. The third kappa shape index (κ3) is 5.09. The second-order valence-corrected chi connectivity index (χ2v) is 8.12. The summed E-state index contributed by atoms with van der Waals surface area (Å²) in [5, 5.41) is 0. The van der Waals surface area contributed by atoms with Crippen LogP contribution in [0.3, 0.4) is 0 Å². The molecule has 1 N–H and O–H groups in total. The Kier molecular flexibility index (Phi) is 7.26. The van der Waals surface area contributed by atoms with Crippen molar-refractivity contribution in [2.24, 2.45) is 0 Å². The van der Waals surface area contributed by atoms with Crippen LogP contribution in [-0.2, 0) is 20.6 Å². The Balaban J connectivity index is 1.73. The maximum absolute atomic E-state index is 13.0. The van der Waals surface area contributed by atoms with Gasteiger partial charge in [0.25, 0.3) is 5.56 Å². The summed E-state index contributed by atoms with van der Waals surface area (Å²) in [7, 11) is 0. The fraction of sp³-hybridized carbons (Fsp3) is 0.308. The van der Waals surface area contributed by atoms with Crippen LogP contribution in [0.4, 0.5) is 0 Å². The van der Waals surface area contributed by atoms with Gasteiger partial charge in [-0.15, -0.1) is 0 Å². The normalized spacial score (nSPS) is 21.4. The Bertz CT molecular complexity index is 1300. The molecule has 1 aliphatic heterocycles. The molecule has 2 heterocycles. The highest BCUT2D eigenvalue weighted by atomic mass is 16.6. The molecule has 1 aromatic heterocycles. The van der Waals surface area contributed by atoms with E-state index in [1.54, 1.807) is 67.6 Å². The maximum atomic E-state index is 13.0. The number of rotatable bonds is 7. The smallest absolute Gasteiger partial charge is 0.338 e. The van der Waals surface area contributed by atoms with Crippen molar-refractivity contribution in [3.8, 4) is 0 Å². The molecule has 182 valence electrons. The van der Waals surface area contributed by atoms with Crippen molar-refractivity contribution < 1.29 is 23.8 Å². The van der Waals surface area contributed by atoms with Crippen molar-refractivity contribution in [1.82, 2.24) is 9.55 Å². The molecule has 3 aromatic rings. The van der Waals surface area contributed by atoms with Gasteiger partial charge >= 0.3 is 17.6 Å². The fourth-order valence-electron chi connectivity index (χ4n) is 4.03. The standard InChI is InChI=1S/C26H26N2O7/c1-3-16-15-28(26(32)27-22(16)29)23-21(35-25(31)18-13-9-6-10-14-18)20(19(4-2)33-23)34-24(30)17-11-7-5-8-12-17/h5-15,19-21,23H,3-4H2,1-2H3,(H,27,29,32)/t19-,20?,21+,23-/m1/s1. The summed E-state index contributed by atoms with van der Waals surface area (Å²) in [5.74, 6) is -1.27. The summed E-state index contributed by atoms with van der Waals surface area (Å²) < 4.78 is 18.9. The largest absolute Gasteiger partial charge is 0.452 e. The SMILES string of the molecule is CCc1cn([C@@H]2O[C@H](CC)C(OC(=O)c3ccccc3)[C@@H]2OC(=O)c2ccccc2)c(=O)[nH]c1=O. The van der Waals surface area contributed by atoms with Gasteiger partial charge in [0.1, 0.15) is 6.10 Å². The van der Waals surface area contributed by atoms with E-state index < -0.39 is 47.7 Å². The lowest BCUT2D eigenvalue weighted by atomic mass is 10.1. The lowest BCUT2D eigenvalue weighted by Crippen LogP contribution is -2.42. The first-order valence-corrected chi connectivity index (χ1v) is 11.4. The van der Waals surface area contributed by atoms with Crippen LogP contribution in [0.1, 0.15) is 52.8 Å². The van der Waals surface area contributed by atoms with Gasteiger partial charge < -0.3 is 14.2 Å². The van der Waals surface area contributed by atoms with Gasteiger partial charge in [0.05, 0.1) is 11.1 Å². The maximum Gasteiger partial charge on any atom is 0.338 e. The molecule has 1 unspecified atom stereocenters. The number of nitrogens with one attached hydrogen (secondary N) is 1. The molecule has 1 aliphatic rings. The molecule has 0 radical (unpaired) electrons. The minimum absolute atomic E-state index is 0.294.